The molecule has 1 saturated heterocycles. The number of aliphatic hydroxyl groups is 1. The molecule has 2 rings (SSSR count). The standard InChI is InChI=1S/C13H17NO4/c15-8-6-9-10(3-1-5-12(9)16)14-7-2-4-11(14)13(17)18/h1,3,5,11,15-16H,2,4,6-8H2,(H,17,18). The summed E-state index contributed by atoms with van der Waals surface area (Å²) < 4.78 is 0. The van der Waals surface area contributed by atoms with Gasteiger partial charge in [-0.25, -0.2) is 4.79 Å². The fourth-order valence-corrected chi connectivity index (χ4v) is 2.51. The molecule has 1 unspecified atom stereocenters. The van der Waals surface area contributed by atoms with Crippen LogP contribution in [0.2, 0.25) is 0 Å². The molecule has 1 aliphatic heterocycles. The van der Waals surface area contributed by atoms with Crippen molar-refractivity contribution in [2.75, 3.05) is 18.1 Å². The molecule has 0 radical (unpaired) electrons. The molecule has 98 valence electrons. The maximum absolute atomic E-state index is 11.2. The molecule has 0 spiro atoms. The molecule has 0 saturated carbocycles. The summed E-state index contributed by atoms with van der Waals surface area (Å²) in [5.74, 6) is -0.733. The number of phenols is 1. The minimum absolute atomic E-state index is 0.0733. The predicted octanol–water partition coefficient (Wildman–Crippen LogP) is 0.980. The number of carboxylic acids is 1. The van der Waals surface area contributed by atoms with E-state index in [-0.39, 0.29) is 12.4 Å². The molecule has 1 fully saturated rings. The number of rotatable bonds is 4. The van der Waals surface area contributed by atoms with E-state index in [1.807, 2.05) is 0 Å². The van der Waals surface area contributed by atoms with Crippen LogP contribution >= 0.6 is 0 Å². The van der Waals surface area contributed by atoms with Crippen LogP contribution in [0.4, 0.5) is 5.69 Å². The molecule has 3 N–H and O–H groups in total. The SMILES string of the molecule is O=C(O)C1CCCN1c1cccc(O)c1CCO. The van der Waals surface area contributed by atoms with Crippen LogP contribution in [0.1, 0.15) is 18.4 Å². The molecule has 0 bridgehead atoms. The van der Waals surface area contributed by atoms with Crippen LogP contribution in [0.25, 0.3) is 0 Å². The van der Waals surface area contributed by atoms with Crippen molar-refractivity contribution in [3.8, 4) is 5.75 Å². The number of aromatic hydroxyl groups is 1. The lowest BCUT2D eigenvalue weighted by atomic mass is 10.1. The van der Waals surface area contributed by atoms with E-state index in [1.54, 1.807) is 23.1 Å². The molecule has 0 aromatic heterocycles. The van der Waals surface area contributed by atoms with E-state index in [9.17, 15) is 15.0 Å². The van der Waals surface area contributed by atoms with Gasteiger partial charge in [-0.05, 0) is 25.0 Å². The monoisotopic (exact) mass is 251 g/mol. The molecular formula is C13H17NO4. The Morgan fingerprint density at radius 2 is 2.22 bits per heavy atom. The molecule has 1 aromatic rings. The fourth-order valence-electron chi connectivity index (χ4n) is 2.51. The van der Waals surface area contributed by atoms with Gasteiger partial charge in [-0.3, -0.25) is 0 Å². The average Bonchev–Trinajstić information content (AvgIpc) is 2.81. The van der Waals surface area contributed by atoms with Gasteiger partial charge in [0.15, 0.2) is 0 Å². The zero-order valence-corrected chi connectivity index (χ0v) is 10.0. The Balaban J connectivity index is 2.37. The van der Waals surface area contributed by atoms with Crippen LogP contribution in [0.5, 0.6) is 5.75 Å². The van der Waals surface area contributed by atoms with Gasteiger partial charge in [-0.1, -0.05) is 6.07 Å². The number of carbonyl (C=O) groups is 1. The van der Waals surface area contributed by atoms with E-state index in [4.69, 9.17) is 5.11 Å². The highest BCUT2D eigenvalue weighted by atomic mass is 16.4. The second-order valence-corrected chi connectivity index (χ2v) is 4.44. The molecule has 1 atom stereocenters. The highest BCUT2D eigenvalue weighted by Gasteiger charge is 2.32. The van der Waals surface area contributed by atoms with E-state index in [2.05, 4.69) is 0 Å². The second kappa shape index (κ2) is 5.27. The van der Waals surface area contributed by atoms with Crippen molar-refractivity contribution < 1.29 is 20.1 Å². The van der Waals surface area contributed by atoms with E-state index in [1.165, 1.54) is 0 Å². The first-order valence-electron chi connectivity index (χ1n) is 6.06. The van der Waals surface area contributed by atoms with Crippen molar-refractivity contribution in [1.82, 2.24) is 0 Å². The zero-order chi connectivity index (χ0) is 13.1. The summed E-state index contributed by atoms with van der Waals surface area (Å²) in [5.41, 5.74) is 1.34. The Morgan fingerprint density at radius 3 is 2.89 bits per heavy atom. The fraction of sp³-hybridized carbons (Fsp3) is 0.462. The number of aliphatic hydroxyl groups excluding tert-OH is 1. The Bertz CT molecular complexity index is 447. The third-order valence-corrected chi connectivity index (χ3v) is 3.34. The van der Waals surface area contributed by atoms with E-state index in [0.29, 0.717) is 30.6 Å². The first-order chi connectivity index (χ1) is 8.65. The number of anilines is 1. The van der Waals surface area contributed by atoms with Crippen LogP contribution in [0, 0.1) is 0 Å². The van der Waals surface area contributed by atoms with Gasteiger partial charge >= 0.3 is 5.97 Å². The molecule has 1 aliphatic rings. The number of phenolic OH excluding ortho intramolecular Hbond substituents is 1. The van der Waals surface area contributed by atoms with Crippen molar-refractivity contribution in [2.24, 2.45) is 0 Å². The lowest BCUT2D eigenvalue weighted by molar-refractivity contribution is -0.138. The third kappa shape index (κ3) is 2.26. The van der Waals surface area contributed by atoms with Crippen LogP contribution in [0.15, 0.2) is 18.2 Å². The number of hydrogen-bond acceptors (Lipinski definition) is 4. The number of benzene rings is 1. The number of carboxylic acid groups (broad SMARTS) is 1. The van der Waals surface area contributed by atoms with Gasteiger partial charge in [0.1, 0.15) is 11.8 Å². The number of hydrogen-bond donors (Lipinski definition) is 3. The topological polar surface area (TPSA) is 81.0 Å². The number of aliphatic carboxylic acids is 1. The smallest absolute Gasteiger partial charge is 0.326 e. The Hall–Kier alpha value is -1.75. The van der Waals surface area contributed by atoms with Crippen LogP contribution in [-0.4, -0.2) is 40.5 Å². The van der Waals surface area contributed by atoms with E-state index in [0.717, 1.165) is 6.42 Å². The van der Waals surface area contributed by atoms with Crippen LogP contribution in [-0.2, 0) is 11.2 Å². The molecule has 1 heterocycles. The van der Waals surface area contributed by atoms with E-state index < -0.39 is 12.0 Å². The molecule has 18 heavy (non-hydrogen) atoms. The third-order valence-electron chi connectivity index (χ3n) is 3.34. The molecular weight excluding hydrogens is 234 g/mol. The zero-order valence-electron chi connectivity index (χ0n) is 10.0. The maximum Gasteiger partial charge on any atom is 0.326 e. The van der Waals surface area contributed by atoms with Gasteiger partial charge in [0.25, 0.3) is 0 Å². The molecule has 1 aromatic carbocycles. The summed E-state index contributed by atoms with van der Waals surface area (Å²) in [7, 11) is 0. The highest BCUT2D eigenvalue weighted by molar-refractivity contribution is 5.80. The summed E-state index contributed by atoms with van der Waals surface area (Å²) in [6.45, 7) is 0.592. The Morgan fingerprint density at radius 1 is 1.44 bits per heavy atom. The molecule has 0 amide bonds. The van der Waals surface area contributed by atoms with E-state index >= 15 is 0 Å². The normalized spacial score (nSPS) is 19.2. The van der Waals surface area contributed by atoms with Gasteiger partial charge in [-0.15, -0.1) is 0 Å². The number of nitrogens with zero attached hydrogens (tertiary/aromatic N) is 1. The Kier molecular flexibility index (Phi) is 3.72. The van der Waals surface area contributed by atoms with Gasteiger partial charge < -0.3 is 20.2 Å². The van der Waals surface area contributed by atoms with Crippen LogP contribution < -0.4 is 4.90 Å². The molecule has 5 nitrogen and oxygen atoms in total. The summed E-state index contributed by atoms with van der Waals surface area (Å²) in [6.07, 6.45) is 1.76. The van der Waals surface area contributed by atoms with Crippen molar-refractivity contribution in [3.05, 3.63) is 23.8 Å². The predicted molar refractivity (Wildman–Crippen MR) is 66.9 cm³/mol. The van der Waals surface area contributed by atoms with Crippen molar-refractivity contribution in [1.29, 1.82) is 0 Å². The summed E-state index contributed by atoms with van der Waals surface area (Å²) in [5, 5.41) is 28.0. The van der Waals surface area contributed by atoms with Crippen molar-refractivity contribution in [2.45, 2.75) is 25.3 Å². The quantitative estimate of drug-likeness (QED) is 0.743. The average molecular weight is 251 g/mol. The van der Waals surface area contributed by atoms with Crippen LogP contribution in [0.3, 0.4) is 0 Å². The lowest BCUT2D eigenvalue weighted by Gasteiger charge is -2.26. The summed E-state index contributed by atoms with van der Waals surface area (Å²) in [4.78, 5) is 13.0. The first kappa shape index (κ1) is 12.7. The molecule has 5 heteroatoms. The molecule has 0 aliphatic carbocycles. The largest absolute Gasteiger partial charge is 0.508 e. The van der Waals surface area contributed by atoms with Crippen molar-refractivity contribution in [3.63, 3.8) is 0 Å². The Labute approximate surface area is 105 Å². The summed E-state index contributed by atoms with van der Waals surface area (Å²) in [6, 6.07) is 4.51. The second-order valence-electron chi connectivity index (χ2n) is 4.44. The van der Waals surface area contributed by atoms with Gasteiger partial charge in [0.2, 0.25) is 0 Å². The van der Waals surface area contributed by atoms with Gasteiger partial charge in [0, 0.05) is 30.8 Å². The minimum atomic E-state index is -0.842. The lowest BCUT2D eigenvalue weighted by Crippen LogP contribution is -2.36. The van der Waals surface area contributed by atoms with Gasteiger partial charge in [-0.2, -0.15) is 0 Å². The minimum Gasteiger partial charge on any atom is -0.508 e. The highest BCUT2D eigenvalue weighted by Crippen LogP contribution is 2.33. The van der Waals surface area contributed by atoms with Crippen molar-refractivity contribution >= 4 is 11.7 Å². The van der Waals surface area contributed by atoms with Gasteiger partial charge in [0.05, 0.1) is 0 Å². The summed E-state index contributed by atoms with van der Waals surface area (Å²) >= 11 is 0. The first-order valence-corrected chi connectivity index (χ1v) is 6.06. The maximum atomic E-state index is 11.2.